The second-order valence-electron chi connectivity index (χ2n) is 6.17. The second kappa shape index (κ2) is 6.65. The standard InChI is InChI=1S/C19H19ClN2O2/c1-12-3-8-17(9-13(12)2)22-11-14(10-18(22)23)19(24)21-16-6-4-15(20)5-7-16/h3-9,14H,10-11H2,1-2H3,(H,21,24)/t14-/m1/s1. The summed E-state index contributed by atoms with van der Waals surface area (Å²) in [5, 5.41) is 3.46. The van der Waals surface area contributed by atoms with Crippen LogP contribution in [0.5, 0.6) is 0 Å². The van der Waals surface area contributed by atoms with Crippen molar-refractivity contribution in [3.8, 4) is 0 Å². The van der Waals surface area contributed by atoms with Gasteiger partial charge >= 0.3 is 0 Å². The molecule has 2 aromatic carbocycles. The van der Waals surface area contributed by atoms with E-state index in [0.29, 0.717) is 17.3 Å². The lowest BCUT2D eigenvalue weighted by molar-refractivity contribution is -0.122. The van der Waals surface area contributed by atoms with Crippen molar-refractivity contribution < 1.29 is 9.59 Å². The van der Waals surface area contributed by atoms with Gasteiger partial charge in [-0.1, -0.05) is 17.7 Å². The third-order valence-corrected chi connectivity index (χ3v) is 4.66. The highest BCUT2D eigenvalue weighted by Crippen LogP contribution is 2.27. The third-order valence-electron chi connectivity index (χ3n) is 4.41. The lowest BCUT2D eigenvalue weighted by Gasteiger charge is -2.18. The summed E-state index contributed by atoms with van der Waals surface area (Å²) in [4.78, 5) is 26.4. The van der Waals surface area contributed by atoms with E-state index in [2.05, 4.69) is 5.32 Å². The van der Waals surface area contributed by atoms with Crippen LogP contribution in [0, 0.1) is 19.8 Å². The van der Waals surface area contributed by atoms with Gasteiger partial charge in [0.15, 0.2) is 0 Å². The van der Waals surface area contributed by atoms with E-state index in [9.17, 15) is 9.59 Å². The monoisotopic (exact) mass is 342 g/mol. The molecular weight excluding hydrogens is 324 g/mol. The van der Waals surface area contributed by atoms with Crippen LogP contribution >= 0.6 is 11.6 Å². The third kappa shape index (κ3) is 3.44. The van der Waals surface area contributed by atoms with Crippen LogP contribution in [-0.4, -0.2) is 18.4 Å². The quantitative estimate of drug-likeness (QED) is 0.918. The predicted octanol–water partition coefficient (Wildman–Crippen LogP) is 3.95. The molecule has 1 fully saturated rings. The Labute approximate surface area is 146 Å². The number of aryl methyl sites for hydroxylation is 2. The number of benzene rings is 2. The molecule has 0 aliphatic carbocycles. The maximum atomic E-state index is 12.4. The number of amides is 2. The minimum absolute atomic E-state index is 0.0190. The fourth-order valence-electron chi connectivity index (χ4n) is 2.80. The number of nitrogens with zero attached hydrogens (tertiary/aromatic N) is 1. The summed E-state index contributed by atoms with van der Waals surface area (Å²) in [5.41, 5.74) is 3.85. The van der Waals surface area contributed by atoms with Crippen molar-refractivity contribution in [1.29, 1.82) is 0 Å². The number of anilines is 2. The van der Waals surface area contributed by atoms with Crippen LogP contribution in [0.2, 0.25) is 5.02 Å². The van der Waals surface area contributed by atoms with Gasteiger partial charge in [-0.3, -0.25) is 9.59 Å². The van der Waals surface area contributed by atoms with Crippen LogP contribution < -0.4 is 10.2 Å². The lowest BCUT2D eigenvalue weighted by atomic mass is 10.1. The van der Waals surface area contributed by atoms with Gasteiger partial charge < -0.3 is 10.2 Å². The maximum Gasteiger partial charge on any atom is 0.229 e. The fourth-order valence-corrected chi connectivity index (χ4v) is 2.93. The Morgan fingerprint density at radius 1 is 1.12 bits per heavy atom. The van der Waals surface area contributed by atoms with Gasteiger partial charge in [0, 0.05) is 29.4 Å². The van der Waals surface area contributed by atoms with E-state index < -0.39 is 0 Å². The van der Waals surface area contributed by atoms with Crippen molar-refractivity contribution in [2.45, 2.75) is 20.3 Å². The first kappa shape index (κ1) is 16.5. The van der Waals surface area contributed by atoms with E-state index >= 15 is 0 Å². The maximum absolute atomic E-state index is 12.4. The molecule has 1 N–H and O–H groups in total. The summed E-state index contributed by atoms with van der Waals surface area (Å²) in [6, 6.07) is 12.9. The largest absolute Gasteiger partial charge is 0.326 e. The SMILES string of the molecule is Cc1ccc(N2C[C@H](C(=O)Nc3ccc(Cl)cc3)CC2=O)cc1C. The zero-order valence-electron chi connectivity index (χ0n) is 13.7. The highest BCUT2D eigenvalue weighted by Gasteiger charge is 2.35. The van der Waals surface area contributed by atoms with Gasteiger partial charge in [-0.25, -0.2) is 0 Å². The van der Waals surface area contributed by atoms with Gasteiger partial charge in [0.25, 0.3) is 0 Å². The molecule has 1 aliphatic heterocycles. The zero-order chi connectivity index (χ0) is 17.3. The van der Waals surface area contributed by atoms with Gasteiger partial charge in [-0.15, -0.1) is 0 Å². The van der Waals surface area contributed by atoms with E-state index in [1.807, 2.05) is 32.0 Å². The van der Waals surface area contributed by atoms with Crippen LogP contribution in [0.25, 0.3) is 0 Å². The van der Waals surface area contributed by atoms with Crippen molar-refractivity contribution in [2.24, 2.45) is 5.92 Å². The van der Waals surface area contributed by atoms with E-state index in [-0.39, 0.29) is 24.2 Å². The Hall–Kier alpha value is -2.33. The summed E-state index contributed by atoms with van der Waals surface area (Å²) < 4.78 is 0. The van der Waals surface area contributed by atoms with Crippen LogP contribution in [0.3, 0.4) is 0 Å². The van der Waals surface area contributed by atoms with Crippen LogP contribution in [0.15, 0.2) is 42.5 Å². The lowest BCUT2D eigenvalue weighted by Crippen LogP contribution is -2.28. The molecule has 1 aliphatic rings. The molecule has 5 heteroatoms. The molecule has 1 atom stereocenters. The van der Waals surface area contributed by atoms with Crippen molar-refractivity contribution in [1.82, 2.24) is 0 Å². The van der Waals surface area contributed by atoms with Crippen molar-refractivity contribution in [2.75, 3.05) is 16.8 Å². The average Bonchev–Trinajstić information content (AvgIpc) is 2.94. The number of hydrogen-bond acceptors (Lipinski definition) is 2. The molecule has 0 spiro atoms. The Morgan fingerprint density at radius 2 is 1.83 bits per heavy atom. The molecule has 0 saturated carbocycles. The van der Waals surface area contributed by atoms with Gasteiger partial charge in [0.05, 0.1) is 5.92 Å². The summed E-state index contributed by atoms with van der Waals surface area (Å²) in [6.45, 7) is 4.46. The topological polar surface area (TPSA) is 49.4 Å². The molecule has 4 nitrogen and oxygen atoms in total. The van der Waals surface area contributed by atoms with E-state index in [0.717, 1.165) is 11.3 Å². The molecule has 3 rings (SSSR count). The van der Waals surface area contributed by atoms with E-state index in [4.69, 9.17) is 11.6 Å². The van der Waals surface area contributed by atoms with E-state index in [1.54, 1.807) is 29.2 Å². The Bertz CT molecular complexity index is 786. The summed E-state index contributed by atoms with van der Waals surface area (Å²) in [7, 11) is 0. The second-order valence-corrected chi connectivity index (χ2v) is 6.61. The highest BCUT2D eigenvalue weighted by atomic mass is 35.5. The normalized spacial score (nSPS) is 17.2. The predicted molar refractivity (Wildman–Crippen MR) is 96.5 cm³/mol. The Morgan fingerprint density at radius 3 is 2.50 bits per heavy atom. The fraction of sp³-hybridized carbons (Fsp3) is 0.263. The number of carbonyl (C=O) groups is 2. The molecule has 0 bridgehead atoms. The molecule has 1 heterocycles. The van der Waals surface area contributed by atoms with Gasteiger partial charge in [0.2, 0.25) is 11.8 Å². The number of carbonyl (C=O) groups excluding carboxylic acids is 2. The van der Waals surface area contributed by atoms with Crippen LogP contribution in [0.1, 0.15) is 17.5 Å². The number of nitrogens with one attached hydrogen (secondary N) is 1. The molecule has 0 unspecified atom stereocenters. The molecule has 2 amide bonds. The average molecular weight is 343 g/mol. The molecule has 2 aromatic rings. The number of hydrogen-bond donors (Lipinski definition) is 1. The molecular formula is C19H19ClN2O2. The smallest absolute Gasteiger partial charge is 0.229 e. The summed E-state index contributed by atoms with van der Waals surface area (Å²) >= 11 is 5.84. The minimum Gasteiger partial charge on any atom is -0.326 e. The van der Waals surface area contributed by atoms with Gasteiger partial charge in [-0.05, 0) is 61.4 Å². The first-order chi connectivity index (χ1) is 11.4. The molecule has 0 aromatic heterocycles. The van der Waals surface area contributed by atoms with Crippen LogP contribution in [-0.2, 0) is 9.59 Å². The number of rotatable bonds is 3. The highest BCUT2D eigenvalue weighted by molar-refractivity contribution is 6.30. The summed E-state index contributed by atoms with van der Waals surface area (Å²) in [6.07, 6.45) is 0.229. The van der Waals surface area contributed by atoms with Crippen molar-refractivity contribution in [3.63, 3.8) is 0 Å². The molecule has 1 saturated heterocycles. The van der Waals surface area contributed by atoms with E-state index in [1.165, 1.54) is 5.56 Å². The first-order valence-electron chi connectivity index (χ1n) is 7.88. The molecule has 124 valence electrons. The molecule has 0 radical (unpaired) electrons. The first-order valence-corrected chi connectivity index (χ1v) is 8.26. The Kier molecular flexibility index (Phi) is 4.58. The molecule has 24 heavy (non-hydrogen) atoms. The van der Waals surface area contributed by atoms with Gasteiger partial charge in [0.1, 0.15) is 0 Å². The van der Waals surface area contributed by atoms with Crippen LogP contribution in [0.4, 0.5) is 11.4 Å². The van der Waals surface area contributed by atoms with Crippen molar-refractivity contribution >= 4 is 34.8 Å². The minimum atomic E-state index is -0.352. The number of halogens is 1. The Balaban J connectivity index is 1.70. The van der Waals surface area contributed by atoms with Crippen molar-refractivity contribution in [3.05, 3.63) is 58.6 Å². The van der Waals surface area contributed by atoms with Gasteiger partial charge in [-0.2, -0.15) is 0 Å². The zero-order valence-corrected chi connectivity index (χ0v) is 14.4. The summed E-state index contributed by atoms with van der Waals surface area (Å²) in [5.74, 6) is -0.513.